The van der Waals surface area contributed by atoms with Crippen LogP contribution in [0, 0.1) is 0 Å². The Morgan fingerprint density at radius 2 is 1.54 bits per heavy atom. The first kappa shape index (κ1) is 17.2. The van der Waals surface area contributed by atoms with Crippen LogP contribution in [0.3, 0.4) is 0 Å². The third kappa shape index (κ3) is 3.89. The molecule has 0 bridgehead atoms. The van der Waals surface area contributed by atoms with E-state index in [9.17, 15) is 9.59 Å². The molecule has 132 valence electrons. The zero-order valence-corrected chi connectivity index (χ0v) is 14.4. The van der Waals surface area contributed by atoms with Crippen LogP contribution < -0.4 is 15.4 Å². The van der Waals surface area contributed by atoms with Crippen molar-refractivity contribution >= 4 is 23.2 Å². The molecule has 0 fully saturated rings. The largest absolute Gasteiger partial charge is 0.479 e. The first-order valence-electron chi connectivity index (χ1n) is 7.92. The second-order valence-corrected chi connectivity index (χ2v) is 5.58. The molecule has 2 N–H and O–H groups in total. The fraction of sp³-hybridized carbons (Fsp3) is 0.105. The van der Waals surface area contributed by atoms with Gasteiger partial charge in [-0.2, -0.15) is 0 Å². The highest BCUT2D eigenvalue weighted by atomic mass is 16.5. The zero-order chi connectivity index (χ0) is 18.5. The Balaban J connectivity index is 1.67. The first-order valence-corrected chi connectivity index (χ1v) is 7.92. The van der Waals surface area contributed by atoms with Crippen LogP contribution in [0.4, 0.5) is 11.4 Å². The van der Waals surface area contributed by atoms with Crippen molar-refractivity contribution in [1.29, 1.82) is 0 Å². The molecule has 26 heavy (non-hydrogen) atoms. The molecule has 1 heterocycles. The van der Waals surface area contributed by atoms with E-state index >= 15 is 0 Å². The molecule has 1 aromatic heterocycles. The van der Waals surface area contributed by atoms with Crippen molar-refractivity contribution in [3.05, 3.63) is 71.9 Å². The van der Waals surface area contributed by atoms with E-state index in [1.165, 1.54) is 11.8 Å². The van der Waals surface area contributed by atoms with Gasteiger partial charge in [0, 0.05) is 30.2 Å². The summed E-state index contributed by atoms with van der Waals surface area (Å²) in [6.45, 7) is 0. The molecule has 3 aromatic rings. The second kappa shape index (κ2) is 7.52. The highest BCUT2D eigenvalue weighted by Gasteiger charge is 2.16. The molecule has 7 nitrogen and oxygen atoms in total. The highest BCUT2D eigenvalue weighted by molar-refractivity contribution is 6.07. The van der Waals surface area contributed by atoms with Gasteiger partial charge in [-0.15, -0.1) is 5.10 Å². The van der Waals surface area contributed by atoms with E-state index in [-0.39, 0.29) is 17.7 Å². The predicted octanol–water partition coefficient (Wildman–Crippen LogP) is 2.93. The summed E-state index contributed by atoms with van der Waals surface area (Å²) in [5, 5.41) is 9.62. The van der Waals surface area contributed by atoms with Crippen molar-refractivity contribution in [1.82, 2.24) is 9.78 Å². The number of ether oxygens (including phenoxy) is 1. The molecule has 2 aromatic carbocycles. The Morgan fingerprint density at radius 1 is 0.923 bits per heavy atom. The minimum atomic E-state index is -0.337. The van der Waals surface area contributed by atoms with Crippen molar-refractivity contribution in [3.8, 4) is 5.88 Å². The van der Waals surface area contributed by atoms with Gasteiger partial charge in [0.15, 0.2) is 0 Å². The number of para-hydroxylation sites is 1. The summed E-state index contributed by atoms with van der Waals surface area (Å²) in [6.07, 6.45) is 1.58. The van der Waals surface area contributed by atoms with E-state index in [0.29, 0.717) is 16.8 Å². The molecule has 0 atom stereocenters. The fourth-order valence-corrected chi connectivity index (χ4v) is 2.40. The maximum atomic E-state index is 12.3. The summed E-state index contributed by atoms with van der Waals surface area (Å²) in [6, 6.07) is 15.8. The van der Waals surface area contributed by atoms with Crippen LogP contribution in [-0.2, 0) is 7.05 Å². The quantitative estimate of drug-likeness (QED) is 0.741. The van der Waals surface area contributed by atoms with Crippen LogP contribution >= 0.6 is 0 Å². The average Bonchev–Trinajstić information content (AvgIpc) is 3.04. The number of amides is 2. The number of nitrogens with zero attached hydrogens (tertiary/aromatic N) is 2. The van der Waals surface area contributed by atoms with Gasteiger partial charge in [-0.25, -0.2) is 0 Å². The predicted molar refractivity (Wildman–Crippen MR) is 98.6 cm³/mol. The molecule has 0 saturated heterocycles. The topological polar surface area (TPSA) is 85.2 Å². The Bertz CT molecular complexity index is 918. The van der Waals surface area contributed by atoms with Crippen LogP contribution in [0.2, 0.25) is 0 Å². The Kier molecular flexibility index (Phi) is 4.98. The summed E-state index contributed by atoms with van der Waals surface area (Å²) >= 11 is 0. The second-order valence-electron chi connectivity index (χ2n) is 5.58. The van der Waals surface area contributed by atoms with Gasteiger partial charge in [0.05, 0.1) is 7.11 Å². The number of aromatic nitrogens is 2. The lowest BCUT2D eigenvalue weighted by Gasteiger charge is -2.07. The van der Waals surface area contributed by atoms with Crippen LogP contribution in [0.1, 0.15) is 20.7 Å². The summed E-state index contributed by atoms with van der Waals surface area (Å²) in [5.41, 5.74) is 2.11. The molecule has 0 aliphatic heterocycles. The lowest BCUT2D eigenvalue weighted by molar-refractivity contribution is 0.101. The van der Waals surface area contributed by atoms with Crippen molar-refractivity contribution in [2.24, 2.45) is 7.05 Å². The van der Waals surface area contributed by atoms with E-state index in [1.54, 1.807) is 37.5 Å². The SMILES string of the molecule is COc1nn(C)cc1C(=O)Nc1ccc(C(=O)Nc2ccccc2)cc1. The van der Waals surface area contributed by atoms with E-state index in [4.69, 9.17) is 4.74 Å². The monoisotopic (exact) mass is 350 g/mol. The zero-order valence-electron chi connectivity index (χ0n) is 14.4. The number of carbonyl (C=O) groups excluding carboxylic acids is 2. The van der Waals surface area contributed by atoms with Gasteiger partial charge in [-0.05, 0) is 36.4 Å². The number of benzene rings is 2. The lowest BCUT2D eigenvalue weighted by atomic mass is 10.2. The number of methoxy groups -OCH3 is 1. The summed E-state index contributed by atoms with van der Waals surface area (Å²) < 4.78 is 6.59. The molecule has 0 radical (unpaired) electrons. The molecular weight excluding hydrogens is 332 g/mol. The number of carbonyl (C=O) groups is 2. The third-order valence-corrected chi connectivity index (χ3v) is 3.67. The van der Waals surface area contributed by atoms with Gasteiger partial charge in [0.1, 0.15) is 5.56 Å². The number of nitrogens with one attached hydrogen (secondary N) is 2. The summed E-state index contributed by atoms with van der Waals surface area (Å²) in [5.74, 6) is -0.302. The van der Waals surface area contributed by atoms with Gasteiger partial charge < -0.3 is 15.4 Å². The van der Waals surface area contributed by atoms with Gasteiger partial charge in [-0.1, -0.05) is 18.2 Å². The lowest BCUT2D eigenvalue weighted by Crippen LogP contribution is -2.14. The molecule has 7 heteroatoms. The van der Waals surface area contributed by atoms with Crippen molar-refractivity contribution in [2.75, 3.05) is 17.7 Å². The molecule has 2 amide bonds. The molecule has 3 rings (SSSR count). The number of rotatable bonds is 5. The van der Waals surface area contributed by atoms with E-state index in [0.717, 1.165) is 5.69 Å². The van der Waals surface area contributed by atoms with Crippen LogP contribution in [-0.4, -0.2) is 28.7 Å². The molecule has 0 aliphatic rings. The maximum absolute atomic E-state index is 12.3. The number of hydrogen-bond acceptors (Lipinski definition) is 4. The van der Waals surface area contributed by atoms with Gasteiger partial charge in [0.2, 0.25) is 5.88 Å². The minimum Gasteiger partial charge on any atom is -0.479 e. The molecule has 0 saturated carbocycles. The van der Waals surface area contributed by atoms with Crippen molar-refractivity contribution in [2.45, 2.75) is 0 Å². The van der Waals surface area contributed by atoms with Crippen LogP contribution in [0.5, 0.6) is 5.88 Å². The smallest absolute Gasteiger partial charge is 0.262 e. The van der Waals surface area contributed by atoms with E-state index in [1.807, 2.05) is 30.3 Å². The van der Waals surface area contributed by atoms with E-state index in [2.05, 4.69) is 15.7 Å². The molecule has 0 unspecified atom stereocenters. The first-order chi connectivity index (χ1) is 12.6. The number of anilines is 2. The fourth-order valence-electron chi connectivity index (χ4n) is 2.40. The minimum absolute atomic E-state index is 0.219. The summed E-state index contributed by atoms with van der Waals surface area (Å²) in [7, 11) is 3.17. The molecule has 0 aliphatic carbocycles. The normalized spacial score (nSPS) is 10.2. The standard InChI is InChI=1S/C19H18N4O3/c1-23-12-16(19(22-23)26-2)18(25)21-15-10-8-13(9-11-15)17(24)20-14-6-4-3-5-7-14/h3-12H,1-2H3,(H,20,24)(H,21,25). The Hall–Kier alpha value is -3.61. The van der Waals surface area contributed by atoms with Crippen molar-refractivity contribution < 1.29 is 14.3 Å². The van der Waals surface area contributed by atoms with Crippen LogP contribution in [0.15, 0.2) is 60.8 Å². The molecule has 0 spiro atoms. The van der Waals surface area contributed by atoms with E-state index < -0.39 is 0 Å². The Labute approximate surface area is 150 Å². The van der Waals surface area contributed by atoms with Crippen molar-refractivity contribution in [3.63, 3.8) is 0 Å². The van der Waals surface area contributed by atoms with Gasteiger partial charge >= 0.3 is 0 Å². The average molecular weight is 350 g/mol. The van der Waals surface area contributed by atoms with Gasteiger partial charge in [0.25, 0.3) is 11.8 Å². The highest BCUT2D eigenvalue weighted by Crippen LogP contribution is 2.18. The maximum Gasteiger partial charge on any atom is 0.262 e. The number of aryl methyl sites for hydroxylation is 1. The van der Waals surface area contributed by atoms with Crippen LogP contribution in [0.25, 0.3) is 0 Å². The van der Waals surface area contributed by atoms with Gasteiger partial charge in [-0.3, -0.25) is 14.3 Å². The molecular formula is C19H18N4O3. The number of hydrogen-bond donors (Lipinski definition) is 2. The third-order valence-electron chi connectivity index (χ3n) is 3.67. The summed E-state index contributed by atoms with van der Waals surface area (Å²) in [4.78, 5) is 24.6. The Morgan fingerprint density at radius 3 is 2.19 bits per heavy atom.